The van der Waals surface area contributed by atoms with Crippen LogP contribution in [0.25, 0.3) is 5.57 Å². The Morgan fingerprint density at radius 3 is 2.35 bits per heavy atom. The molecule has 164 valence electrons. The largest absolute Gasteiger partial charge is 0.460 e. The molecule has 2 heterocycles. The van der Waals surface area contributed by atoms with Crippen molar-refractivity contribution in [3.63, 3.8) is 0 Å². The fourth-order valence-corrected chi connectivity index (χ4v) is 3.95. The molecule has 0 atom stereocenters. The molecule has 0 saturated heterocycles. The number of halogens is 1. The van der Waals surface area contributed by atoms with Gasteiger partial charge in [-0.1, -0.05) is 29.3 Å². The zero-order valence-corrected chi connectivity index (χ0v) is 19.8. The first kappa shape index (κ1) is 22.9. The van der Waals surface area contributed by atoms with Crippen LogP contribution in [0.3, 0.4) is 0 Å². The summed E-state index contributed by atoms with van der Waals surface area (Å²) in [6, 6.07) is 8.20. The van der Waals surface area contributed by atoms with Crippen molar-refractivity contribution < 1.29 is 9.53 Å². The Balaban J connectivity index is 1.88. The Kier molecular flexibility index (Phi) is 6.75. The summed E-state index contributed by atoms with van der Waals surface area (Å²) in [6.07, 6.45) is 4.17. The lowest BCUT2D eigenvalue weighted by Crippen LogP contribution is -2.24. The molecule has 2 N–H and O–H groups in total. The molecule has 0 spiro atoms. The number of carbonyl (C=O) groups excluding carboxylic acids is 1. The summed E-state index contributed by atoms with van der Waals surface area (Å²) >= 11 is 6.19. The third kappa shape index (κ3) is 5.88. The molecular formula is C25H30ClN3O2. The number of aromatic nitrogens is 1. The van der Waals surface area contributed by atoms with Gasteiger partial charge in [-0.05, 0) is 82.5 Å². The van der Waals surface area contributed by atoms with Gasteiger partial charge in [0, 0.05) is 17.0 Å². The number of hydrogen-bond donors (Lipinski definition) is 2. The molecule has 5 nitrogen and oxygen atoms in total. The summed E-state index contributed by atoms with van der Waals surface area (Å²) in [5, 5.41) is 3.98. The third-order valence-electron chi connectivity index (χ3n) is 4.80. The standard InChI is InChI=1S/C25H30ClN3O2/c1-15-13-16(2)23(17(3)14-15)24(18-7-9-20(26)28-18)19-8-10-21(29-19)27-12-11-22(30)31-25(4,5)6/h7-10,13-14,28H,11-12H2,1-6H3,(H,27,29)/b24-19+. The first-order chi connectivity index (χ1) is 14.5. The van der Waals surface area contributed by atoms with E-state index in [9.17, 15) is 4.79 Å². The molecule has 0 amide bonds. The van der Waals surface area contributed by atoms with E-state index < -0.39 is 5.60 Å². The van der Waals surface area contributed by atoms with Crippen LogP contribution in [0.1, 0.15) is 55.1 Å². The van der Waals surface area contributed by atoms with E-state index in [1.807, 2.05) is 45.1 Å². The summed E-state index contributed by atoms with van der Waals surface area (Å²) in [5.74, 6) is 0.471. The second-order valence-corrected chi connectivity index (χ2v) is 9.25. The molecule has 1 aromatic heterocycles. The molecule has 0 saturated carbocycles. The molecular weight excluding hydrogens is 410 g/mol. The molecule has 6 heteroatoms. The first-order valence-electron chi connectivity index (χ1n) is 10.4. The third-order valence-corrected chi connectivity index (χ3v) is 5.03. The van der Waals surface area contributed by atoms with Crippen LogP contribution in [0.5, 0.6) is 0 Å². The average Bonchev–Trinajstić information content (AvgIpc) is 3.25. The van der Waals surface area contributed by atoms with Gasteiger partial charge in [-0.3, -0.25) is 9.79 Å². The summed E-state index contributed by atoms with van der Waals surface area (Å²) in [6.45, 7) is 12.3. The monoisotopic (exact) mass is 439 g/mol. The van der Waals surface area contributed by atoms with Gasteiger partial charge in [-0.15, -0.1) is 0 Å². The minimum absolute atomic E-state index is 0.241. The summed E-state index contributed by atoms with van der Waals surface area (Å²) in [5.41, 5.74) is 7.19. The van der Waals surface area contributed by atoms with Crippen LogP contribution in [-0.2, 0) is 9.53 Å². The molecule has 0 fully saturated rings. The quantitative estimate of drug-likeness (QED) is 0.592. The van der Waals surface area contributed by atoms with Gasteiger partial charge in [-0.2, -0.15) is 0 Å². The highest BCUT2D eigenvalue weighted by Gasteiger charge is 2.20. The normalized spacial score (nSPS) is 16.5. The number of nitrogens with zero attached hydrogens (tertiary/aromatic N) is 1. The number of amidine groups is 1. The smallest absolute Gasteiger partial charge is 0.308 e. The zero-order chi connectivity index (χ0) is 22.8. The number of ether oxygens (including phenoxy) is 1. The Hall–Kier alpha value is -2.79. The van der Waals surface area contributed by atoms with Crippen LogP contribution in [0, 0.1) is 20.8 Å². The number of esters is 1. The molecule has 3 rings (SSSR count). The summed E-state index contributed by atoms with van der Waals surface area (Å²) in [7, 11) is 0. The summed E-state index contributed by atoms with van der Waals surface area (Å²) < 4.78 is 5.34. The molecule has 2 aromatic rings. The van der Waals surface area contributed by atoms with Crippen LogP contribution in [0.4, 0.5) is 0 Å². The number of hydrogen-bond acceptors (Lipinski definition) is 3. The fourth-order valence-electron chi connectivity index (χ4n) is 3.78. The van der Waals surface area contributed by atoms with E-state index in [2.05, 4.69) is 48.2 Å². The fraction of sp³-hybridized carbons (Fsp3) is 0.360. The molecule has 1 aliphatic heterocycles. The minimum Gasteiger partial charge on any atom is -0.460 e. The highest BCUT2D eigenvalue weighted by molar-refractivity contribution is 6.29. The average molecular weight is 440 g/mol. The number of rotatable bonds is 5. The maximum absolute atomic E-state index is 11.9. The van der Waals surface area contributed by atoms with Gasteiger partial charge in [0.05, 0.1) is 13.0 Å². The van der Waals surface area contributed by atoms with E-state index >= 15 is 0 Å². The Labute approximate surface area is 189 Å². The van der Waals surface area contributed by atoms with Crippen LogP contribution < -0.4 is 5.32 Å². The van der Waals surface area contributed by atoms with Gasteiger partial charge in [0.25, 0.3) is 0 Å². The maximum Gasteiger partial charge on any atom is 0.308 e. The second-order valence-electron chi connectivity index (χ2n) is 8.84. The van der Waals surface area contributed by atoms with Crippen molar-refractivity contribution in [1.82, 2.24) is 10.3 Å². The van der Waals surface area contributed by atoms with Crippen molar-refractivity contribution in [2.45, 2.75) is 53.6 Å². The first-order valence-corrected chi connectivity index (χ1v) is 10.8. The lowest BCUT2D eigenvalue weighted by molar-refractivity contribution is -0.154. The van der Waals surface area contributed by atoms with Crippen molar-refractivity contribution in [1.29, 1.82) is 0 Å². The number of H-pyrrole nitrogens is 1. The summed E-state index contributed by atoms with van der Waals surface area (Å²) in [4.78, 5) is 19.7. The molecule has 0 bridgehead atoms. The van der Waals surface area contributed by atoms with Crippen molar-refractivity contribution in [3.05, 3.63) is 75.2 Å². The number of allylic oxidation sites excluding steroid dienone is 1. The zero-order valence-electron chi connectivity index (χ0n) is 19.0. The van der Waals surface area contributed by atoms with Gasteiger partial charge in [0.2, 0.25) is 0 Å². The van der Waals surface area contributed by atoms with Crippen LogP contribution in [-0.4, -0.2) is 28.9 Å². The molecule has 1 aromatic carbocycles. The topological polar surface area (TPSA) is 66.5 Å². The van der Waals surface area contributed by atoms with E-state index in [4.69, 9.17) is 16.3 Å². The Morgan fingerprint density at radius 1 is 1.10 bits per heavy atom. The van der Waals surface area contributed by atoms with Gasteiger partial charge in [0.1, 0.15) is 16.6 Å². The number of nitrogens with one attached hydrogen (secondary N) is 2. The van der Waals surface area contributed by atoms with E-state index in [-0.39, 0.29) is 12.4 Å². The minimum atomic E-state index is -0.485. The van der Waals surface area contributed by atoms with Crippen molar-refractivity contribution >= 4 is 29.0 Å². The number of aryl methyl sites for hydroxylation is 3. The number of benzene rings is 1. The Morgan fingerprint density at radius 2 is 1.77 bits per heavy atom. The van der Waals surface area contributed by atoms with Crippen molar-refractivity contribution in [2.75, 3.05) is 6.54 Å². The van der Waals surface area contributed by atoms with Crippen molar-refractivity contribution in [3.8, 4) is 0 Å². The highest BCUT2D eigenvalue weighted by atomic mass is 35.5. The van der Waals surface area contributed by atoms with E-state index in [0.717, 1.165) is 28.4 Å². The van der Waals surface area contributed by atoms with Gasteiger partial charge < -0.3 is 15.0 Å². The maximum atomic E-state index is 11.9. The lowest BCUT2D eigenvalue weighted by Gasteiger charge is -2.19. The van der Waals surface area contributed by atoms with Gasteiger partial charge in [-0.25, -0.2) is 0 Å². The van der Waals surface area contributed by atoms with Crippen LogP contribution >= 0.6 is 11.6 Å². The van der Waals surface area contributed by atoms with Crippen molar-refractivity contribution in [2.24, 2.45) is 4.99 Å². The lowest BCUT2D eigenvalue weighted by atomic mass is 9.90. The molecule has 0 aliphatic carbocycles. The SMILES string of the molecule is Cc1cc(C)c(/C(=C2\C=CC(=NCCC(=O)OC(C)(C)C)N2)c2ccc(Cl)[nH]2)c(C)c1. The number of aliphatic imine (C=N–C) groups is 1. The number of aromatic amines is 1. The van der Waals surface area contributed by atoms with E-state index in [1.165, 1.54) is 16.7 Å². The molecule has 0 unspecified atom stereocenters. The molecule has 31 heavy (non-hydrogen) atoms. The predicted octanol–water partition coefficient (Wildman–Crippen LogP) is 5.64. The van der Waals surface area contributed by atoms with E-state index in [1.54, 1.807) is 0 Å². The van der Waals surface area contributed by atoms with E-state index in [0.29, 0.717) is 11.7 Å². The van der Waals surface area contributed by atoms with Gasteiger partial charge >= 0.3 is 5.97 Å². The predicted molar refractivity (Wildman–Crippen MR) is 128 cm³/mol. The molecule has 0 radical (unpaired) electrons. The second kappa shape index (κ2) is 9.15. The Bertz CT molecular complexity index is 1060. The highest BCUT2D eigenvalue weighted by Crippen LogP contribution is 2.33. The molecule has 1 aliphatic rings. The van der Waals surface area contributed by atoms with Crippen LogP contribution in [0.15, 0.2) is 47.1 Å². The van der Waals surface area contributed by atoms with Gasteiger partial charge in [0.15, 0.2) is 0 Å². The van der Waals surface area contributed by atoms with Crippen LogP contribution in [0.2, 0.25) is 5.15 Å². The number of carbonyl (C=O) groups is 1.